The van der Waals surface area contributed by atoms with Crippen LogP contribution in [0.25, 0.3) is 0 Å². The molecule has 1 heterocycles. The number of hydrogen-bond acceptors (Lipinski definition) is 2. The summed E-state index contributed by atoms with van der Waals surface area (Å²) in [6.07, 6.45) is 4.99. The topological polar surface area (TPSA) is 34.9 Å². The van der Waals surface area contributed by atoms with E-state index in [1.807, 2.05) is 16.9 Å². The van der Waals surface area contributed by atoms with Gasteiger partial charge in [0, 0.05) is 12.6 Å². The Balaban J connectivity index is 2.11. The first-order valence-corrected chi connectivity index (χ1v) is 5.28. The minimum atomic E-state index is 0.438. The molecule has 0 radical (unpaired) electrons. The number of benzene rings is 1. The van der Waals surface area contributed by atoms with Crippen LogP contribution in [0.3, 0.4) is 0 Å². The van der Waals surface area contributed by atoms with Gasteiger partial charge in [-0.15, -0.1) is 0 Å². The summed E-state index contributed by atoms with van der Waals surface area (Å²) in [6.45, 7) is 2.82. The summed E-state index contributed by atoms with van der Waals surface area (Å²) in [7, 11) is 0. The SMILES string of the molecule is Cc1cccc(Cn2cc(CC=O)cn2)c1. The summed E-state index contributed by atoms with van der Waals surface area (Å²) in [5, 5.41) is 4.22. The molecule has 0 N–H and O–H groups in total. The third-order valence-corrected chi connectivity index (χ3v) is 2.43. The van der Waals surface area contributed by atoms with Gasteiger partial charge in [-0.25, -0.2) is 0 Å². The van der Waals surface area contributed by atoms with Gasteiger partial charge >= 0.3 is 0 Å². The molecule has 16 heavy (non-hydrogen) atoms. The molecule has 0 unspecified atom stereocenters. The van der Waals surface area contributed by atoms with Crippen molar-refractivity contribution in [2.45, 2.75) is 19.9 Å². The van der Waals surface area contributed by atoms with E-state index in [2.05, 4.69) is 30.2 Å². The van der Waals surface area contributed by atoms with E-state index in [-0.39, 0.29) is 0 Å². The molecule has 0 aliphatic heterocycles. The second kappa shape index (κ2) is 4.75. The largest absolute Gasteiger partial charge is 0.303 e. The monoisotopic (exact) mass is 214 g/mol. The number of nitrogens with zero attached hydrogens (tertiary/aromatic N) is 2. The summed E-state index contributed by atoms with van der Waals surface area (Å²) < 4.78 is 1.85. The van der Waals surface area contributed by atoms with Crippen molar-refractivity contribution in [2.24, 2.45) is 0 Å². The molecule has 1 aromatic heterocycles. The first-order chi connectivity index (χ1) is 7.78. The van der Waals surface area contributed by atoms with Crippen molar-refractivity contribution in [3.63, 3.8) is 0 Å². The van der Waals surface area contributed by atoms with Gasteiger partial charge in [-0.2, -0.15) is 5.10 Å². The van der Waals surface area contributed by atoms with E-state index >= 15 is 0 Å². The molecular weight excluding hydrogens is 200 g/mol. The third-order valence-electron chi connectivity index (χ3n) is 2.43. The maximum absolute atomic E-state index is 10.3. The van der Waals surface area contributed by atoms with E-state index < -0.39 is 0 Å². The van der Waals surface area contributed by atoms with E-state index in [0.717, 1.165) is 18.4 Å². The molecule has 1 aromatic carbocycles. The predicted molar refractivity (Wildman–Crippen MR) is 62.3 cm³/mol. The molecule has 0 bridgehead atoms. The van der Waals surface area contributed by atoms with Crippen LogP contribution in [0.2, 0.25) is 0 Å². The smallest absolute Gasteiger partial charge is 0.124 e. The van der Waals surface area contributed by atoms with Gasteiger partial charge in [-0.1, -0.05) is 29.8 Å². The highest BCUT2D eigenvalue weighted by Crippen LogP contribution is 2.06. The van der Waals surface area contributed by atoms with Gasteiger partial charge in [0.25, 0.3) is 0 Å². The summed E-state index contributed by atoms with van der Waals surface area (Å²) in [5.74, 6) is 0. The average Bonchev–Trinajstić information content (AvgIpc) is 2.66. The molecule has 0 fully saturated rings. The highest BCUT2D eigenvalue weighted by Gasteiger charge is 1.99. The number of aryl methyl sites for hydroxylation is 1. The van der Waals surface area contributed by atoms with Gasteiger partial charge in [0.05, 0.1) is 12.7 Å². The Kier molecular flexibility index (Phi) is 3.15. The Labute approximate surface area is 94.7 Å². The Morgan fingerprint density at radius 3 is 3.00 bits per heavy atom. The van der Waals surface area contributed by atoms with E-state index in [0.29, 0.717) is 6.42 Å². The molecule has 3 nitrogen and oxygen atoms in total. The van der Waals surface area contributed by atoms with Crippen LogP contribution in [0.15, 0.2) is 36.7 Å². The molecule has 0 atom stereocenters. The zero-order chi connectivity index (χ0) is 11.4. The fourth-order valence-corrected chi connectivity index (χ4v) is 1.69. The first kappa shape index (κ1) is 10.6. The summed E-state index contributed by atoms with van der Waals surface area (Å²) >= 11 is 0. The number of hydrogen-bond donors (Lipinski definition) is 0. The molecule has 0 amide bonds. The van der Waals surface area contributed by atoms with Gasteiger partial charge < -0.3 is 4.79 Å². The van der Waals surface area contributed by atoms with Gasteiger partial charge in [-0.3, -0.25) is 4.68 Å². The highest BCUT2D eigenvalue weighted by atomic mass is 16.1. The third kappa shape index (κ3) is 2.57. The lowest BCUT2D eigenvalue weighted by molar-refractivity contribution is -0.107. The summed E-state index contributed by atoms with van der Waals surface area (Å²) in [4.78, 5) is 10.3. The van der Waals surface area contributed by atoms with Crippen molar-refractivity contribution in [1.82, 2.24) is 9.78 Å². The first-order valence-electron chi connectivity index (χ1n) is 5.28. The molecule has 0 saturated heterocycles. The lowest BCUT2D eigenvalue weighted by Gasteiger charge is -2.02. The highest BCUT2D eigenvalue weighted by molar-refractivity contribution is 5.54. The molecule has 82 valence electrons. The van der Waals surface area contributed by atoms with Crippen LogP contribution in [0.5, 0.6) is 0 Å². The fraction of sp³-hybridized carbons (Fsp3) is 0.231. The van der Waals surface area contributed by atoms with Crippen LogP contribution in [-0.4, -0.2) is 16.1 Å². The Morgan fingerprint density at radius 2 is 2.25 bits per heavy atom. The second-order valence-electron chi connectivity index (χ2n) is 3.91. The predicted octanol–water partition coefficient (Wildman–Crippen LogP) is 1.98. The van der Waals surface area contributed by atoms with Crippen LogP contribution in [0.4, 0.5) is 0 Å². The Morgan fingerprint density at radius 1 is 1.38 bits per heavy atom. The Bertz CT molecular complexity index is 488. The minimum Gasteiger partial charge on any atom is -0.303 e. The number of aromatic nitrogens is 2. The molecule has 0 aliphatic carbocycles. The minimum absolute atomic E-state index is 0.438. The van der Waals surface area contributed by atoms with Gasteiger partial charge in [0.15, 0.2) is 0 Å². The van der Waals surface area contributed by atoms with E-state index in [1.54, 1.807) is 6.20 Å². The normalized spacial score (nSPS) is 10.3. The number of rotatable bonds is 4. The average molecular weight is 214 g/mol. The quantitative estimate of drug-likeness (QED) is 0.729. The molecule has 0 spiro atoms. The summed E-state index contributed by atoms with van der Waals surface area (Å²) in [6, 6.07) is 8.33. The molecule has 3 heteroatoms. The standard InChI is InChI=1S/C13H14N2O/c1-11-3-2-4-12(7-11)9-15-10-13(5-6-16)8-14-15/h2-4,6-8,10H,5,9H2,1H3. The van der Waals surface area contributed by atoms with Crippen molar-refractivity contribution < 1.29 is 4.79 Å². The lowest BCUT2D eigenvalue weighted by atomic mass is 10.1. The van der Waals surface area contributed by atoms with Crippen LogP contribution in [0.1, 0.15) is 16.7 Å². The zero-order valence-corrected chi connectivity index (χ0v) is 9.26. The van der Waals surface area contributed by atoms with Crippen LogP contribution in [0, 0.1) is 6.92 Å². The van der Waals surface area contributed by atoms with Gasteiger partial charge in [0.2, 0.25) is 0 Å². The van der Waals surface area contributed by atoms with Crippen molar-refractivity contribution >= 4 is 6.29 Å². The molecule has 2 rings (SSSR count). The maximum atomic E-state index is 10.3. The van der Waals surface area contributed by atoms with Crippen molar-refractivity contribution in [1.29, 1.82) is 0 Å². The Hall–Kier alpha value is -1.90. The second-order valence-corrected chi connectivity index (χ2v) is 3.91. The number of aldehydes is 1. The number of carbonyl (C=O) groups is 1. The zero-order valence-electron chi connectivity index (χ0n) is 9.26. The van der Waals surface area contributed by atoms with Crippen molar-refractivity contribution in [3.05, 3.63) is 53.3 Å². The maximum Gasteiger partial charge on any atom is 0.124 e. The fourth-order valence-electron chi connectivity index (χ4n) is 1.69. The van der Waals surface area contributed by atoms with E-state index in [4.69, 9.17) is 0 Å². The molecule has 2 aromatic rings. The van der Waals surface area contributed by atoms with E-state index in [9.17, 15) is 4.79 Å². The van der Waals surface area contributed by atoms with Crippen molar-refractivity contribution in [3.8, 4) is 0 Å². The molecular formula is C13H14N2O. The number of carbonyl (C=O) groups excluding carboxylic acids is 1. The van der Waals surface area contributed by atoms with Crippen LogP contribution in [-0.2, 0) is 17.8 Å². The molecule has 0 saturated carbocycles. The van der Waals surface area contributed by atoms with E-state index in [1.165, 1.54) is 11.1 Å². The lowest BCUT2D eigenvalue weighted by Crippen LogP contribution is -1.99. The summed E-state index contributed by atoms with van der Waals surface area (Å²) in [5.41, 5.74) is 3.43. The van der Waals surface area contributed by atoms with Crippen molar-refractivity contribution in [2.75, 3.05) is 0 Å². The van der Waals surface area contributed by atoms with Gasteiger partial charge in [0.1, 0.15) is 6.29 Å². The van der Waals surface area contributed by atoms with Gasteiger partial charge in [-0.05, 0) is 18.1 Å². The van der Waals surface area contributed by atoms with Crippen LogP contribution >= 0.6 is 0 Å². The molecule has 0 aliphatic rings. The van der Waals surface area contributed by atoms with Crippen LogP contribution < -0.4 is 0 Å².